The van der Waals surface area contributed by atoms with Gasteiger partial charge in [-0.2, -0.15) is 0 Å². The summed E-state index contributed by atoms with van der Waals surface area (Å²) in [5.41, 5.74) is -0.637. The molecule has 2 amide bonds. The van der Waals surface area contributed by atoms with Gasteiger partial charge in [-0.05, 0) is 51.1 Å². The van der Waals surface area contributed by atoms with E-state index in [1.165, 1.54) is 18.4 Å². The molecule has 1 aromatic carbocycles. The SMILES string of the molecule is CC(C)(C)OC(=O)Nc1cc(C(=O)NCc2ccco2)ccc1F. The van der Waals surface area contributed by atoms with E-state index < -0.39 is 23.4 Å². The molecule has 2 N–H and O–H groups in total. The van der Waals surface area contributed by atoms with Crippen LogP contribution < -0.4 is 10.6 Å². The second-order valence-electron chi connectivity index (χ2n) is 6.08. The van der Waals surface area contributed by atoms with Gasteiger partial charge in [0.05, 0.1) is 18.5 Å². The van der Waals surface area contributed by atoms with Gasteiger partial charge in [-0.3, -0.25) is 10.1 Å². The summed E-state index contributed by atoms with van der Waals surface area (Å²) >= 11 is 0. The molecule has 0 saturated heterocycles. The van der Waals surface area contributed by atoms with Crippen molar-refractivity contribution in [3.63, 3.8) is 0 Å². The van der Waals surface area contributed by atoms with Gasteiger partial charge >= 0.3 is 6.09 Å². The fraction of sp³-hybridized carbons (Fsp3) is 0.294. The first-order chi connectivity index (χ1) is 11.2. The van der Waals surface area contributed by atoms with Crippen LogP contribution in [0.5, 0.6) is 0 Å². The van der Waals surface area contributed by atoms with E-state index in [2.05, 4.69) is 10.6 Å². The third-order valence-corrected chi connectivity index (χ3v) is 2.87. The highest BCUT2D eigenvalue weighted by atomic mass is 19.1. The number of carbonyl (C=O) groups excluding carboxylic acids is 2. The van der Waals surface area contributed by atoms with Gasteiger partial charge in [0.1, 0.15) is 17.2 Å². The highest BCUT2D eigenvalue weighted by Crippen LogP contribution is 2.18. The first kappa shape index (κ1) is 17.5. The summed E-state index contributed by atoms with van der Waals surface area (Å²) in [5, 5.41) is 4.94. The number of benzene rings is 1. The number of ether oxygens (including phenoxy) is 1. The van der Waals surface area contributed by atoms with Crippen molar-refractivity contribution >= 4 is 17.7 Å². The zero-order valence-corrected chi connectivity index (χ0v) is 13.7. The fourth-order valence-electron chi connectivity index (χ4n) is 1.86. The van der Waals surface area contributed by atoms with Crippen LogP contribution in [0.3, 0.4) is 0 Å². The number of halogens is 1. The molecule has 0 atom stereocenters. The van der Waals surface area contributed by atoms with Crippen molar-refractivity contribution in [2.45, 2.75) is 32.9 Å². The highest BCUT2D eigenvalue weighted by molar-refractivity contribution is 5.96. The summed E-state index contributed by atoms with van der Waals surface area (Å²) in [7, 11) is 0. The molecule has 0 radical (unpaired) electrons. The maximum absolute atomic E-state index is 13.8. The average molecular weight is 334 g/mol. The van der Waals surface area contributed by atoms with Crippen molar-refractivity contribution in [3.05, 3.63) is 53.7 Å². The number of hydrogen-bond acceptors (Lipinski definition) is 4. The average Bonchev–Trinajstić information content (AvgIpc) is 2.98. The molecule has 2 aromatic rings. The smallest absolute Gasteiger partial charge is 0.412 e. The molecule has 1 aromatic heterocycles. The molecule has 0 saturated carbocycles. The third kappa shape index (κ3) is 5.12. The van der Waals surface area contributed by atoms with Crippen LogP contribution in [0, 0.1) is 5.82 Å². The first-order valence-corrected chi connectivity index (χ1v) is 7.35. The van der Waals surface area contributed by atoms with E-state index in [4.69, 9.17) is 9.15 Å². The van der Waals surface area contributed by atoms with E-state index >= 15 is 0 Å². The topological polar surface area (TPSA) is 80.6 Å². The van der Waals surface area contributed by atoms with Crippen LogP contribution in [0.25, 0.3) is 0 Å². The van der Waals surface area contributed by atoms with Gasteiger partial charge in [0.25, 0.3) is 5.91 Å². The second-order valence-corrected chi connectivity index (χ2v) is 6.08. The third-order valence-electron chi connectivity index (χ3n) is 2.87. The predicted molar refractivity (Wildman–Crippen MR) is 86.1 cm³/mol. The molecule has 6 nitrogen and oxygen atoms in total. The number of nitrogens with one attached hydrogen (secondary N) is 2. The van der Waals surface area contributed by atoms with Crippen molar-refractivity contribution in [3.8, 4) is 0 Å². The van der Waals surface area contributed by atoms with Gasteiger partial charge < -0.3 is 14.5 Å². The largest absolute Gasteiger partial charge is 0.467 e. The summed E-state index contributed by atoms with van der Waals surface area (Å²) in [5.74, 6) is -0.486. The molecule has 0 bridgehead atoms. The molecular formula is C17H19FN2O4. The van der Waals surface area contributed by atoms with Gasteiger partial charge in [0, 0.05) is 5.56 Å². The van der Waals surface area contributed by atoms with E-state index in [9.17, 15) is 14.0 Å². The zero-order chi connectivity index (χ0) is 17.7. The van der Waals surface area contributed by atoms with E-state index in [0.29, 0.717) is 5.76 Å². The Labute approximate surface area is 139 Å². The van der Waals surface area contributed by atoms with Crippen molar-refractivity contribution in [1.82, 2.24) is 5.32 Å². The van der Waals surface area contributed by atoms with E-state index in [1.807, 2.05) is 0 Å². The van der Waals surface area contributed by atoms with Crippen LogP contribution in [0.4, 0.5) is 14.9 Å². The van der Waals surface area contributed by atoms with Crippen molar-refractivity contribution in [2.24, 2.45) is 0 Å². The number of furan rings is 1. The second kappa shape index (κ2) is 7.16. The highest BCUT2D eigenvalue weighted by Gasteiger charge is 2.18. The molecule has 0 aliphatic rings. The molecule has 0 unspecified atom stereocenters. The van der Waals surface area contributed by atoms with E-state index in [1.54, 1.807) is 32.9 Å². The van der Waals surface area contributed by atoms with E-state index in [0.717, 1.165) is 6.07 Å². The Morgan fingerprint density at radius 3 is 2.62 bits per heavy atom. The molecule has 0 aliphatic heterocycles. The monoisotopic (exact) mass is 334 g/mol. The fourth-order valence-corrected chi connectivity index (χ4v) is 1.86. The molecule has 24 heavy (non-hydrogen) atoms. The molecular weight excluding hydrogens is 315 g/mol. The summed E-state index contributed by atoms with van der Waals surface area (Å²) in [6.45, 7) is 5.29. The quantitative estimate of drug-likeness (QED) is 0.893. The minimum atomic E-state index is -0.797. The lowest BCUT2D eigenvalue weighted by Crippen LogP contribution is -2.28. The van der Waals surface area contributed by atoms with Gasteiger partial charge in [0.2, 0.25) is 0 Å². The Morgan fingerprint density at radius 2 is 2.00 bits per heavy atom. The molecule has 0 aliphatic carbocycles. The minimum absolute atomic E-state index is 0.130. The first-order valence-electron chi connectivity index (χ1n) is 7.35. The number of carbonyl (C=O) groups is 2. The lowest BCUT2D eigenvalue weighted by molar-refractivity contribution is 0.0634. The maximum atomic E-state index is 13.8. The summed E-state index contributed by atoms with van der Waals surface area (Å²) < 4.78 is 24.0. The van der Waals surface area contributed by atoms with E-state index in [-0.39, 0.29) is 17.8 Å². The van der Waals surface area contributed by atoms with Crippen LogP contribution >= 0.6 is 0 Å². The van der Waals surface area contributed by atoms with Crippen LogP contribution in [-0.4, -0.2) is 17.6 Å². The molecule has 2 rings (SSSR count). The lowest BCUT2D eigenvalue weighted by atomic mass is 10.1. The van der Waals surface area contributed by atoms with Crippen molar-refractivity contribution < 1.29 is 23.1 Å². The Bertz CT molecular complexity index is 721. The Balaban J connectivity index is 2.04. The summed E-state index contributed by atoms with van der Waals surface area (Å²) in [6.07, 6.45) is 0.706. The minimum Gasteiger partial charge on any atom is -0.467 e. The molecule has 128 valence electrons. The van der Waals surface area contributed by atoms with Crippen LogP contribution in [0.1, 0.15) is 36.9 Å². The van der Waals surface area contributed by atoms with Gasteiger partial charge in [-0.25, -0.2) is 9.18 Å². The predicted octanol–water partition coefficient (Wildman–Crippen LogP) is 3.70. The number of hydrogen-bond donors (Lipinski definition) is 2. The molecule has 0 spiro atoms. The van der Waals surface area contributed by atoms with Crippen LogP contribution in [-0.2, 0) is 11.3 Å². The Kier molecular flexibility index (Phi) is 5.23. The molecule has 0 fully saturated rings. The zero-order valence-electron chi connectivity index (χ0n) is 13.7. The Morgan fingerprint density at radius 1 is 1.25 bits per heavy atom. The van der Waals surface area contributed by atoms with Gasteiger partial charge in [0.15, 0.2) is 0 Å². The Hall–Kier alpha value is -2.83. The van der Waals surface area contributed by atoms with Gasteiger partial charge in [-0.1, -0.05) is 0 Å². The number of amides is 2. The van der Waals surface area contributed by atoms with Crippen molar-refractivity contribution in [1.29, 1.82) is 0 Å². The molecule has 7 heteroatoms. The van der Waals surface area contributed by atoms with Gasteiger partial charge in [-0.15, -0.1) is 0 Å². The van der Waals surface area contributed by atoms with Crippen LogP contribution in [0.15, 0.2) is 41.0 Å². The summed E-state index contributed by atoms with van der Waals surface area (Å²) in [6, 6.07) is 7.11. The van der Waals surface area contributed by atoms with Crippen LogP contribution in [0.2, 0.25) is 0 Å². The summed E-state index contributed by atoms with van der Waals surface area (Å²) in [4.78, 5) is 23.8. The standard InChI is InChI=1S/C17H19FN2O4/c1-17(2,3)24-16(22)20-14-9-11(6-7-13(14)18)15(21)19-10-12-5-4-8-23-12/h4-9H,10H2,1-3H3,(H,19,21)(H,20,22). The maximum Gasteiger partial charge on any atom is 0.412 e. The number of anilines is 1. The normalized spacial score (nSPS) is 11.0. The number of rotatable bonds is 4. The molecule has 1 heterocycles. The lowest BCUT2D eigenvalue weighted by Gasteiger charge is -2.20. The van der Waals surface area contributed by atoms with Crippen molar-refractivity contribution in [2.75, 3.05) is 5.32 Å².